The van der Waals surface area contributed by atoms with E-state index in [2.05, 4.69) is 10.3 Å². The fourth-order valence-corrected chi connectivity index (χ4v) is 2.55. The number of carbonyl (C=O) groups excluding carboxylic acids is 1. The van der Waals surface area contributed by atoms with Crippen LogP contribution in [-0.2, 0) is 9.84 Å². The van der Waals surface area contributed by atoms with Gasteiger partial charge in [0.1, 0.15) is 0 Å². The van der Waals surface area contributed by atoms with Crippen molar-refractivity contribution in [1.29, 1.82) is 0 Å². The summed E-state index contributed by atoms with van der Waals surface area (Å²) in [5, 5.41) is 2.78. The molecule has 1 aromatic heterocycles. The number of benzene rings is 1. The third-order valence-electron chi connectivity index (χ3n) is 3.20. The molecule has 6 nitrogen and oxygen atoms in total. The van der Waals surface area contributed by atoms with Gasteiger partial charge in [-0.2, -0.15) is 0 Å². The number of hydrogen-bond acceptors (Lipinski definition) is 4. The normalized spacial score (nSPS) is 12.6. The van der Waals surface area contributed by atoms with Crippen molar-refractivity contribution in [2.24, 2.45) is 0 Å². The number of carbonyl (C=O) groups is 1. The van der Waals surface area contributed by atoms with Gasteiger partial charge in [-0.1, -0.05) is 12.1 Å². The molecule has 1 heterocycles. The zero-order valence-electron chi connectivity index (χ0n) is 12.2. The highest BCUT2D eigenvalue weighted by Gasteiger charge is 2.13. The lowest BCUT2D eigenvalue weighted by molar-refractivity contribution is 0.0939. The number of nitrogens with one attached hydrogen (secondary N) is 2. The number of hydrogen-bond donors (Lipinski definition) is 2. The minimum absolute atomic E-state index is 0.232. The Morgan fingerprint density at radius 1 is 1.14 bits per heavy atom. The number of pyridine rings is 1. The van der Waals surface area contributed by atoms with Crippen molar-refractivity contribution in [3.63, 3.8) is 0 Å². The van der Waals surface area contributed by atoms with Gasteiger partial charge in [-0.25, -0.2) is 8.42 Å². The lowest BCUT2D eigenvalue weighted by Crippen LogP contribution is -2.27. The fraction of sp³-hybridized carbons (Fsp3) is 0.200. The molecule has 7 heteroatoms. The number of amides is 1. The van der Waals surface area contributed by atoms with Crippen molar-refractivity contribution >= 4 is 15.7 Å². The molecule has 1 aromatic carbocycles. The molecular weight excluding hydrogens is 304 g/mol. The molecule has 22 heavy (non-hydrogen) atoms. The summed E-state index contributed by atoms with van der Waals surface area (Å²) < 4.78 is 22.8. The quantitative estimate of drug-likeness (QED) is 0.886. The molecule has 0 unspecified atom stereocenters. The monoisotopic (exact) mass is 320 g/mol. The largest absolute Gasteiger partial charge is 0.345 e. The van der Waals surface area contributed by atoms with E-state index >= 15 is 0 Å². The van der Waals surface area contributed by atoms with E-state index in [9.17, 15) is 18.0 Å². The number of rotatable bonds is 4. The summed E-state index contributed by atoms with van der Waals surface area (Å²) in [4.78, 5) is 25.7. The van der Waals surface area contributed by atoms with E-state index in [0.29, 0.717) is 5.56 Å². The molecule has 0 bridgehead atoms. The second-order valence-corrected chi connectivity index (χ2v) is 6.99. The van der Waals surface area contributed by atoms with Gasteiger partial charge >= 0.3 is 0 Å². The maximum Gasteiger partial charge on any atom is 0.253 e. The lowest BCUT2D eigenvalue weighted by Gasteiger charge is -2.14. The van der Waals surface area contributed by atoms with Crippen LogP contribution in [0.2, 0.25) is 0 Å². The Labute approximate surface area is 128 Å². The first-order chi connectivity index (χ1) is 10.3. The van der Waals surface area contributed by atoms with Gasteiger partial charge in [0.2, 0.25) is 5.56 Å². The third kappa shape index (κ3) is 3.82. The SMILES string of the molecule is C[C@H](NC(=O)c1ccc(=O)[nH]c1)c1ccc(S(C)(=O)=O)cc1. The van der Waals surface area contributed by atoms with Crippen molar-refractivity contribution in [1.82, 2.24) is 10.3 Å². The van der Waals surface area contributed by atoms with Crippen LogP contribution in [0.3, 0.4) is 0 Å². The number of aromatic amines is 1. The molecule has 0 saturated carbocycles. The van der Waals surface area contributed by atoms with E-state index in [0.717, 1.165) is 11.8 Å². The summed E-state index contributed by atoms with van der Waals surface area (Å²) in [5.74, 6) is -0.323. The summed E-state index contributed by atoms with van der Waals surface area (Å²) >= 11 is 0. The highest BCUT2D eigenvalue weighted by Crippen LogP contribution is 2.16. The standard InChI is InChI=1S/C15H16N2O4S/c1-10(11-3-6-13(7-4-11)22(2,20)21)17-15(19)12-5-8-14(18)16-9-12/h3-10H,1-2H3,(H,16,18)(H,17,19)/t10-/m0/s1. The van der Waals surface area contributed by atoms with E-state index in [1.54, 1.807) is 19.1 Å². The Morgan fingerprint density at radius 2 is 1.77 bits per heavy atom. The van der Waals surface area contributed by atoms with Crippen LogP contribution in [0.5, 0.6) is 0 Å². The van der Waals surface area contributed by atoms with Gasteiger partial charge in [-0.15, -0.1) is 0 Å². The molecule has 0 aliphatic rings. The van der Waals surface area contributed by atoms with Crippen molar-refractivity contribution in [3.05, 3.63) is 64.1 Å². The van der Waals surface area contributed by atoms with E-state index in [1.165, 1.54) is 30.5 Å². The Bertz CT molecular complexity index is 818. The van der Waals surface area contributed by atoms with Crippen molar-refractivity contribution in [2.45, 2.75) is 17.9 Å². The average molecular weight is 320 g/mol. The number of H-pyrrole nitrogens is 1. The Morgan fingerprint density at radius 3 is 2.27 bits per heavy atom. The van der Waals surface area contributed by atoms with Crippen LogP contribution in [0.4, 0.5) is 0 Å². The van der Waals surface area contributed by atoms with Gasteiger partial charge in [0.15, 0.2) is 9.84 Å². The van der Waals surface area contributed by atoms with Crippen LogP contribution < -0.4 is 10.9 Å². The van der Waals surface area contributed by atoms with Gasteiger partial charge in [0, 0.05) is 18.5 Å². The first-order valence-corrected chi connectivity index (χ1v) is 8.46. The zero-order chi connectivity index (χ0) is 16.3. The molecule has 0 spiro atoms. The van der Waals surface area contributed by atoms with Gasteiger partial charge in [0.05, 0.1) is 16.5 Å². The fourth-order valence-electron chi connectivity index (χ4n) is 1.92. The van der Waals surface area contributed by atoms with Crippen molar-refractivity contribution in [2.75, 3.05) is 6.26 Å². The van der Waals surface area contributed by atoms with E-state index in [-0.39, 0.29) is 22.4 Å². The topological polar surface area (TPSA) is 96.1 Å². The summed E-state index contributed by atoms with van der Waals surface area (Å²) in [5.41, 5.74) is 0.852. The molecule has 116 valence electrons. The van der Waals surface area contributed by atoms with Gasteiger partial charge in [0.25, 0.3) is 5.91 Å². The van der Waals surface area contributed by atoms with Gasteiger partial charge in [-0.05, 0) is 30.7 Å². The van der Waals surface area contributed by atoms with Crippen molar-refractivity contribution in [3.8, 4) is 0 Å². The Balaban J connectivity index is 2.11. The Hall–Kier alpha value is -2.41. The van der Waals surface area contributed by atoms with Crippen LogP contribution in [0.1, 0.15) is 28.9 Å². The molecule has 1 amide bonds. The van der Waals surface area contributed by atoms with Crippen LogP contribution >= 0.6 is 0 Å². The molecule has 2 N–H and O–H groups in total. The Kier molecular flexibility index (Phi) is 4.46. The molecular formula is C15H16N2O4S. The van der Waals surface area contributed by atoms with E-state index in [4.69, 9.17) is 0 Å². The molecule has 0 saturated heterocycles. The average Bonchev–Trinajstić information content (AvgIpc) is 2.47. The highest BCUT2D eigenvalue weighted by atomic mass is 32.2. The molecule has 0 aliphatic carbocycles. The molecule has 0 radical (unpaired) electrons. The maximum atomic E-state index is 12.0. The second kappa shape index (κ2) is 6.15. The number of sulfone groups is 1. The van der Waals surface area contributed by atoms with Crippen LogP contribution in [0.25, 0.3) is 0 Å². The molecule has 0 aliphatic heterocycles. The minimum atomic E-state index is -3.24. The summed E-state index contributed by atoms with van der Waals surface area (Å²) in [7, 11) is -3.24. The predicted octanol–water partition coefficient (Wildman–Crippen LogP) is 1.27. The van der Waals surface area contributed by atoms with Gasteiger partial charge < -0.3 is 10.3 Å². The second-order valence-electron chi connectivity index (χ2n) is 4.98. The molecule has 2 rings (SSSR count). The first-order valence-electron chi connectivity index (χ1n) is 6.57. The summed E-state index contributed by atoms with van der Waals surface area (Å²) in [6.07, 6.45) is 2.49. The third-order valence-corrected chi connectivity index (χ3v) is 4.33. The van der Waals surface area contributed by atoms with Crippen LogP contribution in [0.15, 0.2) is 52.3 Å². The molecule has 1 atom stereocenters. The van der Waals surface area contributed by atoms with Crippen molar-refractivity contribution < 1.29 is 13.2 Å². The van der Waals surface area contributed by atoms with Crippen LogP contribution in [0, 0.1) is 0 Å². The van der Waals surface area contributed by atoms with E-state index < -0.39 is 9.84 Å². The zero-order valence-corrected chi connectivity index (χ0v) is 13.0. The minimum Gasteiger partial charge on any atom is -0.345 e. The summed E-state index contributed by atoms with van der Waals surface area (Å²) in [6, 6.07) is 8.75. The predicted molar refractivity (Wildman–Crippen MR) is 82.5 cm³/mol. The maximum absolute atomic E-state index is 12.0. The highest BCUT2D eigenvalue weighted by molar-refractivity contribution is 7.90. The smallest absolute Gasteiger partial charge is 0.253 e. The number of aromatic nitrogens is 1. The molecule has 2 aromatic rings. The molecule has 0 fully saturated rings. The van der Waals surface area contributed by atoms with Gasteiger partial charge in [-0.3, -0.25) is 9.59 Å². The van der Waals surface area contributed by atoms with Crippen LogP contribution in [-0.4, -0.2) is 25.6 Å². The summed E-state index contributed by atoms with van der Waals surface area (Å²) in [6.45, 7) is 1.79. The van der Waals surface area contributed by atoms with E-state index in [1.807, 2.05) is 0 Å². The lowest BCUT2D eigenvalue weighted by atomic mass is 10.1. The first kappa shape index (κ1) is 16.0.